The van der Waals surface area contributed by atoms with Crippen molar-refractivity contribution in [1.29, 1.82) is 0 Å². The Morgan fingerprint density at radius 1 is 1.64 bits per heavy atom. The largest absolute Gasteiger partial charge is 0.469 e. The van der Waals surface area contributed by atoms with E-state index < -0.39 is 0 Å². The summed E-state index contributed by atoms with van der Waals surface area (Å²) < 4.78 is 5.14. The SMILES string of the molecule is Cc1occc1CN(C)C(=O)CCCl. The van der Waals surface area contributed by atoms with E-state index in [1.807, 2.05) is 13.0 Å². The zero-order valence-electron chi connectivity index (χ0n) is 8.42. The standard InChI is InChI=1S/C10H14ClNO2/c1-8-9(4-6-14-8)7-12(2)10(13)3-5-11/h4,6H,3,5,7H2,1-2H3. The van der Waals surface area contributed by atoms with E-state index in [-0.39, 0.29) is 5.91 Å². The van der Waals surface area contributed by atoms with Gasteiger partial charge in [0, 0.05) is 31.5 Å². The lowest BCUT2D eigenvalue weighted by Crippen LogP contribution is -2.26. The Kier molecular flexibility index (Phi) is 4.01. The number of alkyl halides is 1. The Balaban J connectivity index is 2.52. The number of hydrogen-bond acceptors (Lipinski definition) is 2. The lowest BCUT2D eigenvalue weighted by atomic mass is 10.2. The number of aryl methyl sites for hydroxylation is 1. The molecule has 1 amide bonds. The van der Waals surface area contributed by atoms with Gasteiger partial charge in [0.2, 0.25) is 5.91 Å². The minimum atomic E-state index is 0.0561. The van der Waals surface area contributed by atoms with E-state index in [9.17, 15) is 4.79 Å². The van der Waals surface area contributed by atoms with Gasteiger partial charge in [0.05, 0.1) is 6.26 Å². The first-order valence-corrected chi connectivity index (χ1v) is 5.01. The van der Waals surface area contributed by atoms with Gasteiger partial charge in [-0.05, 0) is 13.0 Å². The van der Waals surface area contributed by atoms with Crippen LogP contribution in [0.5, 0.6) is 0 Å². The van der Waals surface area contributed by atoms with Crippen LogP contribution in [0.2, 0.25) is 0 Å². The summed E-state index contributed by atoms with van der Waals surface area (Å²) >= 11 is 5.49. The van der Waals surface area contributed by atoms with Gasteiger partial charge >= 0.3 is 0 Å². The van der Waals surface area contributed by atoms with Gasteiger partial charge in [0.1, 0.15) is 5.76 Å². The monoisotopic (exact) mass is 215 g/mol. The van der Waals surface area contributed by atoms with Crippen LogP contribution in [-0.4, -0.2) is 23.7 Å². The summed E-state index contributed by atoms with van der Waals surface area (Å²) in [7, 11) is 1.77. The summed E-state index contributed by atoms with van der Waals surface area (Å²) in [6.07, 6.45) is 2.01. The fourth-order valence-corrected chi connectivity index (χ4v) is 1.35. The van der Waals surface area contributed by atoms with Crippen LogP contribution in [0, 0.1) is 6.92 Å². The lowest BCUT2D eigenvalue weighted by Gasteiger charge is -2.15. The van der Waals surface area contributed by atoms with E-state index >= 15 is 0 Å². The second-order valence-corrected chi connectivity index (χ2v) is 3.57. The maximum absolute atomic E-state index is 11.4. The molecule has 0 unspecified atom stereocenters. The molecule has 0 saturated heterocycles. The van der Waals surface area contributed by atoms with E-state index in [0.717, 1.165) is 11.3 Å². The molecule has 0 spiro atoms. The fourth-order valence-electron chi connectivity index (χ4n) is 1.19. The number of halogens is 1. The number of furan rings is 1. The van der Waals surface area contributed by atoms with Crippen molar-refractivity contribution in [2.45, 2.75) is 19.9 Å². The first kappa shape index (κ1) is 11.1. The van der Waals surface area contributed by atoms with Gasteiger partial charge in [-0.3, -0.25) is 4.79 Å². The third-order valence-corrected chi connectivity index (χ3v) is 2.30. The van der Waals surface area contributed by atoms with Gasteiger partial charge in [-0.25, -0.2) is 0 Å². The van der Waals surface area contributed by atoms with Crippen LogP contribution in [0.15, 0.2) is 16.7 Å². The summed E-state index contributed by atoms with van der Waals surface area (Å²) in [5.41, 5.74) is 1.04. The molecule has 0 fully saturated rings. The summed E-state index contributed by atoms with van der Waals surface area (Å²) in [6, 6.07) is 1.87. The summed E-state index contributed by atoms with van der Waals surface area (Å²) in [4.78, 5) is 13.0. The first-order valence-electron chi connectivity index (χ1n) is 4.48. The van der Waals surface area contributed by atoms with Gasteiger partial charge in [-0.1, -0.05) is 0 Å². The number of nitrogens with zero attached hydrogens (tertiary/aromatic N) is 1. The Labute approximate surface area is 88.6 Å². The highest BCUT2D eigenvalue weighted by atomic mass is 35.5. The van der Waals surface area contributed by atoms with Crippen LogP contribution in [-0.2, 0) is 11.3 Å². The molecule has 1 aromatic heterocycles. The van der Waals surface area contributed by atoms with Gasteiger partial charge in [-0.15, -0.1) is 11.6 Å². The van der Waals surface area contributed by atoms with Crippen LogP contribution in [0.4, 0.5) is 0 Å². The number of carbonyl (C=O) groups is 1. The molecule has 0 aliphatic rings. The highest BCUT2D eigenvalue weighted by Crippen LogP contribution is 2.11. The topological polar surface area (TPSA) is 33.5 Å². The molecule has 1 rings (SSSR count). The molecule has 1 aromatic rings. The van der Waals surface area contributed by atoms with Gasteiger partial charge in [-0.2, -0.15) is 0 Å². The molecular weight excluding hydrogens is 202 g/mol. The minimum Gasteiger partial charge on any atom is -0.469 e. The van der Waals surface area contributed by atoms with Gasteiger partial charge in [0.25, 0.3) is 0 Å². The van der Waals surface area contributed by atoms with E-state index in [1.54, 1.807) is 18.2 Å². The molecular formula is C10H14ClNO2. The van der Waals surface area contributed by atoms with Crippen LogP contribution < -0.4 is 0 Å². The van der Waals surface area contributed by atoms with Crippen molar-refractivity contribution in [1.82, 2.24) is 4.90 Å². The molecule has 0 N–H and O–H groups in total. The fraction of sp³-hybridized carbons (Fsp3) is 0.500. The quantitative estimate of drug-likeness (QED) is 0.722. The Hall–Kier alpha value is -0.960. The van der Waals surface area contributed by atoms with E-state index in [1.165, 1.54) is 0 Å². The smallest absolute Gasteiger partial charge is 0.223 e. The maximum Gasteiger partial charge on any atom is 0.223 e. The zero-order chi connectivity index (χ0) is 10.6. The number of amides is 1. The van der Waals surface area contributed by atoms with Crippen molar-refractivity contribution in [2.75, 3.05) is 12.9 Å². The van der Waals surface area contributed by atoms with Gasteiger partial charge < -0.3 is 9.32 Å². The van der Waals surface area contributed by atoms with E-state index in [2.05, 4.69) is 0 Å². The van der Waals surface area contributed by atoms with E-state index in [0.29, 0.717) is 18.8 Å². The summed E-state index contributed by atoms with van der Waals surface area (Å²) in [6.45, 7) is 2.47. The molecule has 0 bridgehead atoms. The van der Waals surface area contributed by atoms with Crippen molar-refractivity contribution in [3.8, 4) is 0 Å². The molecule has 0 atom stereocenters. The number of rotatable bonds is 4. The van der Waals surface area contributed by atoms with Crippen molar-refractivity contribution in [3.63, 3.8) is 0 Å². The molecule has 78 valence electrons. The van der Waals surface area contributed by atoms with Crippen LogP contribution in [0.25, 0.3) is 0 Å². The molecule has 0 radical (unpaired) electrons. The molecule has 1 heterocycles. The lowest BCUT2D eigenvalue weighted by molar-refractivity contribution is -0.129. The molecule has 14 heavy (non-hydrogen) atoms. The second-order valence-electron chi connectivity index (χ2n) is 3.19. The average molecular weight is 216 g/mol. The number of carbonyl (C=O) groups excluding carboxylic acids is 1. The highest BCUT2D eigenvalue weighted by Gasteiger charge is 2.10. The van der Waals surface area contributed by atoms with Crippen molar-refractivity contribution in [2.24, 2.45) is 0 Å². The van der Waals surface area contributed by atoms with Crippen LogP contribution in [0.3, 0.4) is 0 Å². The Morgan fingerprint density at radius 3 is 2.86 bits per heavy atom. The predicted octanol–water partition coefficient (Wildman–Crippen LogP) is 2.18. The molecule has 4 heteroatoms. The third-order valence-electron chi connectivity index (χ3n) is 2.11. The minimum absolute atomic E-state index is 0.0561. The molecule has 0 aliphatic carbocycles. The van der Waals surface area contributed by atoms with Crippen molar-refractivity contribution in [3.05, 3.63) is 23.7 Å². The molecule has 0 aromatic carbocycles. The number of hydrogen-bond donors (Lipinski definition) is 0. The first-order chi connectivity index (χ1) is 6.65. The highest BCUT2D eigenvalue weighted by molar-refractivity contribution is 6.18. The molecule has 3 nitrogen and oxygen atoms in total. The van der Waals surface area contributed by atoms with Gasteiger partial charge in [0.15, 0.2) is 0 Å². The summed E-state index contributed by atoms with van der Waals surface area (Å²) in [5, 5.41) is 0. The molecule has 0 saturated carbocycles. The van der Waals surface area contributed by atoms with Crippen molar-refractivity contribution >= 4 is 17.5 Å². The Bertz CT molecular complexity index is 309. The van der Waals surface area contributed by atoms with Crippen LogP contribution >= 0.6 is 11.6 Å². The predicted molar refractivity (Wildman–Crippen MR) is 55.3 cm³/mol. The zero-order valence-corrected chi connectivity index (χ0v) is 9.17. The van der Waals surface area contributed by atoms with E-state index in [4.69, 9.17) is 16.0 Å². The Morgan fingerprint density at radius 2 is 2.36 bits per heavy atom. The molecule has 0 aliphatic heterocycles. The normalized spacial score (nSPS) is 10.2. The summed E-state index contributed by atoms with van der Waals surface area (Å²) in [5.74, 6) is 1.28. The maximum atomic E-state index is 11.4. The van der Waals surface area contributed by atoms with Crippen LogP contribution in [0.1, 0.15) is 17.7 Å². The van der Waals surface area contributed by atoms with Crippen molar-refractivity contribution < 1.29 is 9.21 Å². The second kappa shape index (κ2) is 5.05. The third kappa shape index (κ3) is 2.77. The average Bonchev–Trinajstić information content (AvgIpc) is 2.52.